The summed E-state index contributed by atoms with van der Waals surface area (Å²) in [4.78, 5) is 2.46. The Hall–Kier alpha value is -0.680. The van der Waals surface area contributed by atoms with Gasteiger partial charge in [-0.15, -0.1) is 10.2 Å². The summed E-state index contributed by atoms with van der Waals surface area (Å²) in [7, 11) is 0. The predicted molar refractivity (Wildman–Crippen MR) is 74.8 cm³/mol. The molecule has 0 aliphatic carbocycles. The highest BCUT2D eigenvalue weighted by molar-refractivity contribution is 7.15. The molecule has 4 nitrogen and oxygen atoms in total. The number of nitrogens with one attached hydrogen (secondary N) is 1. The first-order valence-electron chi connectivity index (χ1n) is 6.44. The van der Waals surface area contributed by atoms with Crippen LogP contribution >= 0.6 is 11.3 Å². The van der Waals surface area contributed by atoms with Crippen LogP contribution in [-0.2, 0) is 0 Å². The summed E-state index contributed by atoms with van der Waals surface area (Å²) >= 11 is 1.62. The molecule has 1 N–H and O–H groups in total. The summed E-state index contributed by atoms with van der Waals surface area (Å²) < 4.78 is 0. The fourth-order valence-electron chi connectivity index (χ4n) is 1.80. The van der Waals surface area contributed by atoms with Crippen molar-refractivity contribution in [1.82, 2.24) is 15.1 Å². The molecule has 1 heterocycles. The summed E-state index contributed by atoms with van der Waals surface area (Å²) in [5, 5.41) is 13.4. The summed E-state index contributed by atoms with van der Waals surface area (Å²) in [5.41, 5.74) is 0. The lowest BCUT2D eigenvalue weighted by Gasteiger charge is -2.19. The summed E-state index contributed by atoms with van der Waals surface area (Å²) in [6.45, 7) is 12.1. The van der Waals surface area contributed by atoms with Crippen LogP contribution in [0.3, 0.4) is 0 Å². The molecule has 0 aliphatic rings. The van der Waals surface area contributed by atoms with E-state index in [1.165, 1.54) is 19.4 Å². The molecule has 1 rings (SSSR count). The lowest BCUT2D eigenvalue weighted by molar-refractivity contribution is 0.295. The zero-order valence-corrected chi connectivity index (χ0v) is 12.2. The molecule has 0 bridgehead atoms. The van der Waals surface area contributed by atoms with Crippen LogP contribution in [0.25, 0.3) is 0 Å². The maximum Gasteiger partial charge on any atom is 0.205 e. The Morgan fingerprint density at radius 3 is 2.53 bits per heavy atom. The summed E-state index contributed by atoms with van der Waals surface area (Å²) in [5.74, 6) is 0. The second-order valence-electron chi connectivity index (χ2n) is 4.34. The van der Waals surface area contributed by atoms with Crippen molar-refractivity contribution in [2.75, 3.05) is 25.0 Å². The van der Waals surface area contributed by atoms with E-state index in [1.807, 2.05) is 6.92 Å². The summed E-state index contributed by atoms with van der Waals surface area (Å²) in [6, 6.07) is 0.470. The van der Waals surface area contributed by atoms with Crippen molar-refractivity contribution < 1.29 is 0 Å². The lowest BCUT2D eigenvalue weighted by Crippen LogP contribution is -2.25. The Kier molecular flexibility index (Phi) is 6.44. The van der Waals surface area contributed by atoms with Gasteiger partial charge in [-0.3, -0.25) is 0 Å². The van der Waals surface area contributed by atoms with Gasteiger partial charge in [-0.25, -0.2) is 0 Å². The first-order valence-corrected chi connectivity index (χ1v) is 7.26. The zero-order valence-electron chi connectivity index (χ0n) is 11.4. The van der Waals surface area contributed by atoms with Gasteiger partial charge in [0.2, 0.25) is 5.13 Å². The minimum Gasteiger partial charge on any atom is -0.358 e. The second kappa shape index (κ2) is 7.61. The van der Waals surface area contributed by atoms with Crippen molar-refractivity contribution >= 4 is 16.5 Å². The average Bonchev–Trinajstić information content (AvgIpc) is 2.70. The molecule has 0 amide bonds. The van der Waals surface area contributed by atoms with E-state index in [0.29, 0.717) is 6.04 Å². The Labute approximate surface area is 108 Å². The molecule has 17 heavy (non-hydrogen) atoms. The van der Waals surface area contributed by atoms with Crippen molar-refractivity contribution in [3.8, 4) is 0 Å². The van der Waals surface area contributed by atoms with Gasteiger partial charge in [0.1, 0.15) is 5.01 Å². The van der Waals surface area contributed by atoms with Gasteiger partial charge in [0.15, 0.2) is 0 Å². The number of aromatic nitrogens is 2. The van der Waals surface area contributed by atoms with Crippen molar-refractivity contribution in [2.45, 2.75) is 46.6 Å². The molecular formula is C12H24N4S. The fourth-order valence-corrected chi connectivity index (χ4v) is 2.50. The van der Waals surface area contributed by atoms with Gasteiger partial charge >= 0.3 is 0 Å². The van der Waals surface area contributed by atoms with Gasteiger partial charge in [-0.2, -0.15) is 0 Å². The highest BCUT2D eigenvalue weighted by atomic mass is 32.1. The quantitative estimate of drug-likeness (QED) is 0.776. The molecule has 98 valence electrons. The molecule has 1 atom stereocenters. The van der Waals surface area contributed by atoms with Crippen LogP contribution in [0.5, 0.6) is 0 Å². The number of anilines is 1. The largest absolute Gasteiger partial charge is 0.358 e. The van der Waals surface area contributed by atoms with Crippen LogP contribution in [0.1, 0.15) is 38.6 Å². The van der Waals surface area contributed by atoms with Crippen molar-refractivity contribution in [1.29, 1.82) is 0 Å². The molecule has 0 saturated heterocycles. The van der Waals surface area contributed by atoms with Gasteiger partial charge in [0, 0.05) is 6.04 Å². The van der Waals surface area contributed by atoms with Gasteiger partial charge in [-0.05, 0) is 46.3 Å². The van der Waals surface area contributed by atoms with E-state index in [0.717, 1.165) is 23.2 Å². The molecule has 1 aromatic heterocycles. The number of nitrogens with zero attached hydrogens (tertiary/aromatic N) is 3. The van der Waals surface area contributed by atoms with E-state index in [2.05, 4.69) is 41.2 Å². The van der Waals surface area contributed by atoms with E-state index in [9.17, 15) is 0 Å². The van der Waals surface area contributed by atoms with E-state index in [4.69, 9.17) is 0 Å². The Morgan fingerprint density at radius 2 is 2.00 bits per heavy atom. The molecule has 0 aliphatic heterocycles. The Morgan fingerprint density at radius 1 is 1.29 bits per heavy atom. The van der Waals surface area contributed by atoms with Gasteiger partial charge in [0.05, 0.1) is 0 Å². The predicted octanol–water partition coefficient (Wildman–Crippen LogP) is 2.77. The van der Waals surface area contributed by atoms with Gasteiger partial charge in [-0.1, -0.05) is 25.2 Å². The van der Waals surface area contributed by atoms with Gasteiger partial charge < -0.3 is 10.2 Å². The van der Waals surface area contributed by atoms with E-state index in [-0.39, 0.29) is 0 Å². The van der Waals surface area contributed by atoms with Crippen LogP contribution in [0.2, 0.25) is 0 Å². The topological polar surface area (TPSA) is 41.0 Å². The minimum atomic E-state index is 0.470. The van der Waals surface area contributed by atoms with Crippen LogP contribution in [0.15, 0.2) is 0 Å². The molecular weight excluding hydrogens is 232 g/mol. The normalized spacial score (nSPS) is 13.0. The van der Waals surface area contributed by atoms with Crippen LogP contribution < -0.4 is 5.32 Å². The zero-order chi connectivity index (χ0) is 12.7. The third kappa shape index (κ3) is 5.46. The van der Waals surface area contributed by atoms with Gasteiger partial charge in [0.25, 0.3) is 0 Å². The number of hydrogen-bond donors (Lipinski definition) is 1. The monoisotopic (exact) mass is 256 g/mol. The van der Waals surface area contributed by atoms with Crippen molar-refractivity contribution in [3.63, 3.8) is 0 Å². The number of aryl methyl sites for hydroxylation is 1. The van der Waals surface area contributed by atoms with Crippen LogP contribution in [0.4, 0.5) is 5.13 Å². The van der Waals surface area contributed by atoms with Crippen LogP contribution in [0, 0.1) is 6.92 Å². The van der Waals surface area contributed by atoms with E-state index in [1.54, 1.807) is 11.3 Å². The molecule has 1 aromatic rings. The molecule has 0 radical (unpaired) electrons. The highest BCUT2D eigenvalue weighted by Gasteiger charge is 2.06. The third-order valence-corrected chi connectivity index (χ3v) is 3.67. The number of rotatable bonds is 8. The van der Waals surface area contributed by atoms with Crippen LogP contribution in [-0.4, -0.2) is 40.8 Å². The van der Waals surface area contributed by atoms with Crippen molar-refractivity contribution in [3.05, 3.63) is 5.01 Å². The lowest BCUT2D eigenvalue weighted by atomic mass is 10.2. The maximum atomic E-state index is 4.08. The first kappa shape index (κ1) is 14.4. The Balaban J connectivity index is 2.19. The molecule has 0 aromatic carbocycles. The minimum absolute atomic E-state index is 0.470. The maximum absolute atomic E-state index is 4.08. The summed E-state index contributed by atoms with van der Waals surface area (Å²) in [6.07, 6.45) is 2.41. The molecule has 1 unspecified atom stereocenters. The SMILES string of the molecule is CCN(CC)CCCC(C)Nc1nnc(C)s1. The molecule has 0 spiro atoms. The second-order valence-corrected chi connectivity index (χ2v) is 5.52. The fraction of sp³-hybridized carbons (Fsp3) is 0.833. The average molecular weight is 256 g/mol. The molecule has 5 heteroatoms. The smallest absolute Gasteiger partial charge is 0.205 e. The molecule has 0 fully saturated rings. The number of hydrogen-bond acceptors (Lipinski definition) is 5. The van der Waals surface area contributed by atoms with Crippen molar-refractivity contribution in [2.24, 2.45) is 0 Å². The highest BCUT2D eigenvalue weighted by Crippen LogP contribution is 2.15. The van der Waals surface area contributed by atoms with E-state index < -0.39 is 0 Å². The standard InChI is InChI=1S/C12H24N4S/c1-5-16(6-2)9-7-8-10(3)13-12-15-14-11(4)17-12/h10H,5-9H2,1-4H3,(H,13,15). The molecule has 0 saturated carbocycles. The van der Waals surface area contributed by atoms with E-state index >= 15 is 0 Å². The third-order valence-electron chi connectivity index (χ3n) is 2.90. The Bertz CT molecular complexity index is 309. The first-order chi connectivity index (χ1) is 8.15.